The van der Waals surface area contributed by atoms with E-state index in [1.54, 1.807) is 0 Å². The fourth-order valence-corrected chi connectivity index (χ4v) is 2.60. The van der Waals surface area contributed by atoms with Crippen LogP contribution in [0.2, 0.25) is 0 Å². The summed E-state index contributed by atoms with van der Waals surface area (Å²) < 4.78 is 0. The fraction of sp³-hybridized carbons (Fsp3) is 0.316. The van der Waals surface area contributed by atoms with Gasteiger partial charge in [-0.15, -0.1) is 0 Å². The molecule has 0 aliphatic carbocycles. The van der Waals surface area contributed by atoms with E-state index in [2.05, 4.69) is 16.3 Å². The predicted octanol–water partition coefficient (Wildman–Crippen LogP) is 3.88. The molecule has 3 nitrogen and oxygen atoms in total. The number of rotatable bonds is 6. The van der Waals surface area contributed by atoms with Crippen LogP contribution in [0.5, 0.6) is 0 Å². The van der Waals surface area contributed by atoms with Gasteiger partial charge in [-0.3, -0.25) is 4.79 Å². The summed E-state index contributed by atoms with van der Waals surface area (Å²) in [5, 5.41) is 3.10. The topological polar surface area (TPSA) is 32.3 Å². The number of carbonyl (C=O) groups excluding carboxylic acids is 1. The number of para-hydroxylation sites is 1. The summed E-state index contributed by atoms with van der Waals surface area (Å²) in [6, 6.07) is 17.9. The van der Waals surface area contributed by atoms with Gasteiger partial charge in [0.1, 0.15) is 0 Å². The second-order valence-electron chi connectivity index (χ2n) is 5.76. The fourth-order valence-electron chi connectivity index (χ4n) is 2.60. The molecule has 2 aromatic rings. The Kier molecular flexibility index (Phi) is 5.73. The van der Waals surface area contributed by atoms with Crippen molar-refractivity contribution in [1.29, 1.82) is 0 Å². The first-order valence-electron chi connectivity index (χ1n) is 7.70. The summed E-state index contributed by atoms with van der Waals surface area (Å²) >= 11 is 0. The molecule has 1 atom stereocenters. The Morgan fingerprint density at radius 3 is 2.32 bits per heavy atom. The van der Waals surface area contributed by atoms with Crippen molar-refractivity contribution < 1.29 is 4.79 Å². The van der Waals surface area contributed by atoms with Gasteiger partial charge in [0.15, 0.2) is 0 Å². The van der Waals surface area contributed by atoms with Crippen LogP contribution in [0.1, 0.15) is 30.4 Å². The van der Waals surface area contributed by atoms with Gasteiger partial charge in [0.05, 0.1) is 5.92 Å². The van der Waals surface area contributed by atoms with E-state index in [9.17, 15) is 4.79 Å². The predicted molar refractivity (Wildman–Crippen MR) is 91.9 cm³/mol. The molecule has 0 saturated heterocycles. The van der Waals surface area contributed by atoms with E-state index in [4.69, 9.17) is 0 Å². The lowest BCUT2D eigenvalue weighted by Crippen LogP contribution is -2.22. The van der Waals surface area contributed by atoms with Gasteiger partial charge < -0.3 is 10.2 Å². The Hall–Kier alpha value is -2.13. The highest BCUT2D eigenvalue weighted by molar-refractivity contribution is 5.96. The standard InChI is InChI=1S/C19H24N2O/c1-4-17(15-10-6-5-7-11-15)19(22)20-18-13-9-8-12-16(18)14-21(2)3/h5-13,17H,4,14H2,1-3H3,(H,20,22)/t17-/m1/s1. The van der Waals surface area contributed by atoms with E-state index < -0.39 is 0 Å². The first kappa shape index (κ1) is 16.2. The van der Waals surface area contributed by atoms with Crippen LogP contribution in [0.3, 0.4) is 0 Å². The van der Waals surface area contributed by atoms with Crippen molar-refractivity contribution >= 4 is 11.6 Å². The summed E-state index contributed by atoms with van der Waals surface area (Å²) in [7, 11) is 4.05. The van der Waals surface area contributed by atoms with Gasteiger partial charge in [-0.05, 0) is 37.7 Å². The normalized spacial score (nSPS) is 12.2. The minimum absolute atomic E-state index is 0.0555. The van der Waals surface area contributed by atoms with Crippen LogP contribution in [0.15, 0.2) is 54.6 Å². The molecule has 0 aromatic heterocycles. The molecule has 0 aliphatic heterocycles. The number of anilines is 1. The van der Waals surface area contributed by atoms with Gasteiger partial charge in [0.25, 0.3) is 0 Å². The third-order valence-corrected chi connectivity index (χ3v) is 3.69. The molecule has 116 valence electrons. The van der Waals surface area contributed by atoms with E-state index >= 15 is 0 Å². The highest BCUT2D eigenvalue weighted by Crippen LogP contribution is 2.23. The smallest absolute Gasteiger partial charge is 0.231 e. The summed E-state index contributed by atoms with van der Waals surface area (Å²) in [6.45, 7) is 2.85. The Labute approximate surface area is 133 Å². The number of benzene rings is 2. The summed E-state index contributed by atoms with van der Waals surface area (Å²) in [5.74, 6) is -0.0616. The molecule has 3 heteroatoms. The first-order valence-corrected chi connectivity index (χ1v) is 7.70. The zero-order chi connectivity index (χ0) is 15.9. The maximum absolute atomic E-state index is 12.7. The summed E-state index contributed by atoms with van der Waals surface area (Å²) in [5.41, 5.74) is 3.09. The first-order chi connectivity index (χ1) is 10.6. The van der Waals surface area contributed by atoms with Crippen LogP contribution in [0.25, 0.3) is 0 Å². The summed E-state index contributed by atoms with van der Waals surface area (Å²) in [4.78, 5) is 14.8. The van der Waals surface area contributed by atoms with Gasteiger partial charge in [-0.1, -0.05) is 55.5 Å². The minimum Gasteiger partial charge on any atom is -0.325 e. The average molecular weight is 296 g/mol. The van der Waals surface area contributed by atoms with E-state index in [0.717, 1.165) is 29.8 Å². The molecular weight excluding hydrogens is 272 g/mol. The van der Waals surface area contributed by atoms with E-state index in [-0.39, 0.29) is 11.8 Å². The number of amides is 1. The number of hydrogen-bond acceptors (Lipinski definition) is 2. The van der Waals surface area contributed by atoms with Crippen molar-refractivity contribution in [3.8, 4) is 0 Å². The van der Waals surface area contributed by atoms with Crippen molar-refractivity contribution in [2.45, 2.75) is 25.8 Å². The largest absolute Gasteiger partial charge is 0.325 e. The van der Waals surface area contributed by atoms with Crippen molar-refractivity contribution in [2.24, 2.45) is 0 Å². The molecule has 0 fully saturated rings. The van der Waals surface area contributed by atoms with Gasteiger partial charge in [0, 0.05) is 12.2 Å². The quantitative estimate of drug-likeness (QED) is 0.877. The molecule has 2 aromatic carbocycles. The zero-order valence-corrected chi connectivity index (χ0v) is 13.5. The molecule has 0 heterocycles. The maximum atomic E-state index is 12.7. The lowest BCUT2D eigenvalue weighted by Gasteiger charge is -2.18. The minimum atomic E-state index is -0.117. The number of carbonyl (C=O) groups is 1. The second kappa shape index (κ2) is 7.76. The molecule has 2 rings (SSSR count). The Balaban J connectivity index is 2.17. The molecule has 22 heavy (non-hydrogen) atoms. The van der Waals surface area contributed by atoms with Crippen LogP contribution >= 0.6 is 0 Å². The Morgan fingerprint density at radius 2 is 1.68 bits per heavy atom. The van der Waals surface area contributed by atoms with E-state index in [0.29, 0.717) is 0 Å². The van der Waals surface area contributed by atoms with Gasteiger partial charge in [-0.2, -0.15) is 0 Å². The third kappa shape index (κ3) is 4.18. The van der Waals surface area contributed by atoms with Crippen molar-refractivity contribution in [3.05, 3.63) is 65.7 Å². The van der Waals surface area contributed by atoms with E-state index in [1.165, 1.54) is 0 Å². The van der Waals surface area contributed by atoms with Crippen molar-refractivity contribution in [1.82, 2.24) is 4.90 Å². The molecule has 0 aliphatic rings. The van der Waals surface area contributed by atoms with Crippen LogP contribution < -0.4 is 5.32 Å². The lowest BCUT2D eigenvalue weighted by atomic mass is 9.95. The highest BCUT2D eigenvalue weighted by Gasteiger charge is 2.19. The average Bonchev–Trinajstić information content (AvgIpc) is 2.50. The van der Waals surface area contributed by atoms with Crippen LogP contribution in [-0.4, -0.2) is 24.9 Å². The van der Waals surface area contributed by atoms with Crippen LogP contribution in [0, 0.1) is 0 Å². The van der Waals surface area contributed by atoms with Crippen molar-refractivity contribution in [3.63, 3.8) is 0 Å². The highest BCUT2D eigenvalue weighted by atomic mass is 16.1. The number of nitrogens with one attached hydrogen (secondary N) is 1. The van der Waals surface area contributed by atoms with Gasteiger partial charge in [-0.25, -0.2) is 0 Å². The maximum Gasteiger partial charge on any atom is 0.231 e. The summed E-state index contributed by atoms with van der Waals surface area (Å²) in [6.07, 6.45) is 0.783. The molecule has 0 unspecified atom stereocenters. The number of hydrogen-bond donors (Lipinski definition) is 1. The lowest BCUT2D eigenvalue weighted by molar-refractivity contribution is -0.117. The molecule has 1 N–H and O–H groups in total. The Morgan fingerprint density at radius 1 is 1.05 bits per heavy atom. The zero-order valence-electron chi connectivity index (χ0n) is 13.5. The molecule has 1 amide bonds. The van der Waals surface area contributed by atoms with Crippen LogP contribution in [-0.2, 0) is 11.3 Å². The van der Waals surface area contributed by atoms with Crippen LogP contribution in [0.4, 0.5) is 5.69 Å². The SMILES string of the molecule is CC[C@@H](C(=O)Nc1ccccc1CN(C)C)c1ccccc1. The third-order valence-electron chi connectivity index (χ3n) is 3.69. The number of nitrogens with zero attached hydrogens (tertiary/aromatic N) is 1. The Bertz CT molecular complexity index is 608. The molecule has 0 bridgehead atoms. The molecule has 0 radical (unpaired) electrons. The van der Waals surface area contributed by atoms with E-state index in [1.807, 2.05) is 69.6 Å². The second-order valence-corrected chi connectivity index (χ2v) is 5.76. The molecular formula is C19H24N2O. The monoisotopic (exact) mass is 296 g/mol. The van der Waals surface area contributed by atoms with Crippen molar-refractivity contribution in [2.75, 3.05) is 19.4 Å². The molecule has 0 spiro atoms. The van der Waals surface area contributed by atoms with Gasteiger partial charge >= 0.3 is 0 Å². The molecule has 0 saturated carbocycles. The van der Waals surface area contributed by atoms with Gasteiger partial charge in [0.2, 0.25) is 5.91 Å².